The zero-order valence-corrected chi connectivity index (χ0v) is 7.70. The second kappa shape index (κ2) is 4.88. The molecule has 72 valence electrons. The lowest BCUT2D eigenvalue weighted by Crippen LogP contribution is -2.32. The molecule has 1 aliphatic heterocycles. The van der Waals surface area contributed by atoms with E-state index in [0.29, 0.717) is 0 Å². The molecule has 0 spiro atoms. The third-order valence-electron chi connectivity index (χ3n) is 2.45. The third kappa shape index (κ3) is 3.08. The van der Waals surface area contributed by atoms with Gasteiger partial charge in [0.05, 0.1) is 6.42 Å². The van der Waals surface area contributed by atoms with Crippen molar-refractivity contribution in [2.75, 3.05) is 13.1 Å². The monoisotopic (exact) mass is 181 g/mol. The van der Waals surface area contributed by atoms with E-state index in [0.717, 1.165) is 32.4 Å². The molecule has 0 aromatic heterocycles. The minimum absolute atomic E-state index is 0.214. The lowest BCUT2D eigenvalue weighted by atomic mass is 10.1. The predicted octanol–water partition coefficient (Wildman–Crippen LogP) is 0.949. The van der Waals surface area contributed by atoms with Crippen molar-refractivity contribution in [3.8, 4) is 12.3 Å². The molecule has 1 saturated heterocycles. The van der Waals surface area contributed by atoms with Crippen LogP contribution in [0.4, 0.5) is 0 Å². The third-order valence-corrected chi connectivity index (χ3v) is 2.45. The van der Waals surface area contributed by atoms with E-state index in [-0.39, 0.29) is 12.5 Å². The van der Waals surface area contributed by atoms with Crippen LogP contribution in [0.15, 0.2) is 0 Å². The smallest absolute Gasteiger partial charge is 0.304 e. The molecular formula is C10H15NO2. The fourth-order valence-electron chi connectivity index (χ4n) is 1.83. The molecule has 0 aromatic rings. The Balaban J connectivity index is 2.35. The predicted molar refractivity (Wildman–Crippen MR) is 50.3 cm³/mol. The lowest BCUT2D eigenvalue weighted by Gasteiger charge is -2.21. The molecule has 0 aromatic carbocycles. The van der Waals surface area contributed by atoms with Gasteiger partial charge in [-0.25, -0.2) is 0 Å². The Morgan fingerprint density at radius 2 is 2.46 bits per heavy atom. The number of hydrogen-bond acceptors (Lipinski definition) is 2. The number of carboxylic acid groups (broad SMARTS) is 1. The summed E-state index contributed by atoms with van der Waals surface area (Å²) in [5.74, 6) is 1.87. The molecule has 3 heteroatoms. The maximum Gasteiger partial charge on any atom is 0.304 e. The Kier molecular flexibility index (Phi) is 3.78. The highest BCUT2D eigenvalue weighted by atomic mass is 16.4. The van der Waals surface area contributed by atoms with Crippen molar-refractivity contribution in [2.45, 2.75) is 31.7 Å². The minimum Gasteiger partial charge on any atom is -0.481 e. The first kappa shape index (κ1) is 10.1. The van der Waals surface area contributed by atoms with Gasteiger partial charge in [0.2, 0.25) is 0 Å². The van der Waals surface area contributed by atoms with E-state index in [9.17, 15) is 4.79 Å². The molecule has 0 bridgehead atoms. The Morgan fingerprint density at radius 1 is 1.69 bits per heavy atom. The first-order chi connectivity index (χ1) is 6.24. The van der Waals surface area contributed by atoms with Gasteiger partial charge in [-0.3, -0.25) is 9.69 Å². The van der Waals surface area contributed by atoms with Crippen LogP contribution in [0.5, 0.6) is 0 Å². The van der Waals surface area contributed by atoms with Crippen molar-refractivity contribution >= 4 is 5.97 Å². The Bertz CT molecular complexity index is 219. The number of hydrogen-bond donors (Lipinski definition) is 1. The molecule has 1 N–H and O–H groups in total. The van der Waals surface area contributed by atoms with Crippen molar-refractivity contribution < 1.29 is 9.90 Å². The molecule has 0 radical (unpaired) electrons. The minimum atomic E-state index is -0.711. The molecule has 1 atom stereocenters. The maximum atomic E-state index is 10.5. The maximum absolute atomic E-state index is 10.5. The highest BCUT2D eigenvalue weighted by molar-refractivity contribution is 5.67. The summed E-state index contributed by atoms with van der Waals surface area (Å²) in [7, 11) is 0. The molecule has 0 amide bonds. The summed E-state index contributed by atoms with van der Waals surface area (Å²) in [6.07, 6.45) is 8.23. The van der Waals surface area contributed by atoms with Crippen LogP contribution < -0.4 is 0 Å². The van der Waals surface area contributed by atoms with Crippen LogP contribution in [0.2, 0.25) is 0 Å². The van der Waals surface area contributed by atoms with Crippen molar-refractivity contribution in [1.82, 2.24) is 4.90 Å². The average molecular weight is 181 g/mol. The largest absolute Gasteiger partial charge is 0.481 e. The van der Waals surface area contributed by atoms with Crippen LogP contribution in [-0.2, 0) is 4.79 Å². The fraction of sp³-hybridized carbons (Fsp3) is 0.700. The van der Waals surface area contributed by atoms with E-state index >= 15 is 0 Å². The molecule has 0 aliphatic carbocycles. The zero-order chi connectivity index (χ0) is 9.68. The molecule has 1 fully saturated rings. The quantitative estimate of drug-likeness (QED) is 0.656. The van der Waals surface area contributed by atoms with E-state index in [4.69, 9.17) is 11.5 Å². The summed E-state index contributed by atoms with van der Waals surface area (Å²) in [5, 5.41) is 8.65. The van der Waals surface area contributed by atoms with Gasteiger partial charge in [-0.2, -0.15) is 0 Å². The van der Waals surface area contributed by atoms with Crippen LogP contribution >= 0.6 is 0 Å². The summed E-state index contributed by atoms with van der Waals surface area (Å²) in [5.41, 5.74) is 0. The van der Waals surface area contributed by atoms with Crippen LogP contribution in [0, 0.1) is 12.3 Å². The van der Waals surface area contributed by atoms with E-state index in [2.05, 4.69) is 10.8 Å². The Labute approximate surface area is 78.7 Å². The number of likely N-dealkylation sites (tertiary alicyclic amines) is 1. The van der Waals surface area contributed by atoms with E-state index in [1.165, 1.54) is 0 Å². The highest BCUT2D eigenvalue weighted by Crippen LogP contribution is 2.19. The van der Waals surface area contributed by atoms with Gasteiger partial charge in [0.25, 0.3) is 0 Å². The van der Waals surface area contributed by atoms with Crippen molar-refractivity contribution in [3.63, 3.8) is 0 Å². The Hall–Kier alpha value is -1.01. The molecule has 1 unspecified atom stereocenters. The second-order valence-electron chi connectivity index (χ2n) is 3.38. The molecule has 3 nitrogen and oxygen atoms in total. The van der Waals surface area contributed by atoms with Crippen molar-refractivity contribution in [3.05, 3.63) is 0 Å². The first-order valence-electron chi connectivity index (χ1n) is 4.63. The molecule has 13 heavy (non-hydrogen) atoms. The Morgan fingerprint density at radius 3 is 3.08 bits per heavy atom. The number of carboxylic acids is 1. The second-order valence-corrected chi connectivity index (χ2v) is 3.38. The van der Waals surface area contributed by atoms with Crippen molar-refractivity contribution in [2.24, 2.45) is 0 Å². The van der Waals surface area contributed by atoms with Crippen molar-refractivity contribution in [1.29, 1.82) is 0 Å². The van der Waals surface area contributed by atoms with E-state index in [1.807, 2.05) is 0 Å². The topological polar surface area (TPSA) is 40.5 Å². The molecular weight excluding hydrogens is 166 g/mol. The molecule has 0 saturated carbocycles. The van der Waals surface area contributed by atoms with Gasteiger partial charge in [0.1, 0.15) is 0 Å². The van der Waals surface area contributed by atoms with Crippen LogP contribution in [0.1, 0.15) is 25.7 Å². The summed E-state index contributed by atoms with van der Waals surface area (Å²) in [6, 6.07) is 0.214. The highest BCUT2D eigenvalue weighted by Gasteiger charge is 2.25. The average Bonchev–Trinajstić information content (AvgIpc) is 2.48. The summed E-state index contributed by atoms with van der Waals surface area (Å²) in [4.78, 5) is 12.7. The molecule has 1 heterocycles. The lowest BCUT2D eigenvalue weighted by molar-refractivity contribution is -0.138. The summed E-state index contributed by atoms with van der Waals surface area (Å²) in [6.45, 7) is 1.84. The van der Waals surface area contributed by atoms with Gasteiger partial charge >= 0.3 is 5.97 Å². The van der Waals surface area contributed by atoms with Gasteiger partial charge in [0.15, 0.2) is 0 Å². The van der Waals surface area contributed by atoms with Gasteiger partial charge < -0.3 is 5.11 Å². The number of aliphatic carboxylic acids is 1. The number of terminal acetylenes is 1. The molecule has 1 aliphatic rings. The van der Waals surface area contributed by atoms with Crippen LogP contribution in [-0.4, -0.2) is 35.1 Å². The SMILES string of the molecule is C#CCCN1CCCC1CC(=O)O. The standard InChI is InChI=1S/C10H15NO2/c1-2-3-6-11-7-4-5-9(11)8-10(12)13/h1,9H,3-8H2,(H,12,13). The number of nitrogens with zero attached hydrogens (tertiary/aromatic N) is 1. The van der Waals surface area contributed by atoms with E-state index < -0.39 is 5.97 Å². The van der Waals surface area contributed by atoms with Gasteiger partial charge in [-0.1, -0.05) is 0 Å². The normalized spacial score (nSPS) is 22.8. The van der Waals surface area contributed by atoms with Gasteiger partial charge in [-0.05, 0) is 19.4 Å². The number of rotatable bonds is 4. The van der Waals surface area contributed by atoms with Crippen LogP contribution in [0.3, 0.4) is 0 Å². The van der Waals surface area contributed by atoms with Gasteiger partial charge in [0, 0.05) is 19.0 Å². The zero-order valence-electron chi connectivity index (χ0n) is 7.70. The van der Waals surface area contributed by atoms with E-state index in [1.54, 1.807) is 0 Å². The fourth-order valence-corrected chi connectivity index (χ4v) is 1.83. The summed E-state index contributed by atoms with van der Waals surface area (Å²) >= 11 is 0. The number of carbonyl (C=O) groups is 1. The summed E-state index contributed by atoms with van der Waals surface area (Å²) < 4.78 is 0. The first-order valence-corrected chi connectivity index (χ1v) is 4.63. The van der Waals surface area contributed by atoms with Crippen LogP contribution in [0.25, 0.3) is 0 Å². The molecule has 1 rings (SSSR count). The van der Waals surface area contributed by atoms with Gasteiger partial charge in [-0.15, -0.1) is 12.3 Å².